The van der Waals surface area contributed by atoms with Crippen molar-refractivity contribution in [2.24, 2.45) is 0 Å². The lowest BCUT2D eigenvalue weighted by Crippen LogP contribution is -2.60. The van der Waals surface area contributed by atoms with E-state index in [0.717, 1.165) is 12.0 Å². The van der Waals surface area contributed by atoms with Gasteiger partial charge in [-0.25, -0.2) is 4.79 Å². The lowest BCUT2D eigenvalue weighted by atomic mass is 9.76. The number of aliphatic carboxylic acids is 1. The zero-order chi connectivity index (χ0) is 16.4. The van der Waals surface area contributed by atoms with Crippen molar-refractivity contribution in [3.8, 4) is 11.4 Å². The molecule has 1 atom stereocenters. The minimum atomic E-state index is -1.14. The van der Waals surface area contributed by atoms with E-state index in [1.165, 1.54) is 4.80 Å². The van der Waals surface area contributed by atoms with Crippen molar-refractivity contribution in [1.82, 2.24) is 25.5 Å². The molecule has 1 unspecified atom stereocenters. The molecule has 1 aromatic carbocycles. The van der Waals surface area contributed by atoms with Crippen LogP contribution in [0.1, 0.15) is 32.2 Å². The Labute approximate surface area is 132 Å². The van der Waals surface area contributed by atoms with Gasteiger partial charge >= 0.3 is 5.97 Å². The third kappa shape index (κ3) is 2.79. The number of carbonyl (C=O) groups is 2. The number of carboxylic acids is 1. The van der Waals surface area contributed by atoms with Crippen molar-refractivity contribution >= 4 is 11.9 Å². The quantitative estimate of drug-likeness (QED) is 0.852. The van der Waals surface area contributed by atoms with Crippen molar-refractivity contribution < 1.29 is 14.7 Å². The van der Waals surface area contributed by atoms with Gasteiger partial charge in [-0.3, -0.25) is 4.79 Å². The first kappa shape index (κ1) is 15.1. The summed E-state index contributed by atoms with van der Waals surface area (Å²) in [6.07, 6.45) is 1.68. The van der Waals surface area contributed by atoms with Gasteiger partial charge in [-0.05, 0) is 31.4 Å². The van der Waals surface area contributed by atoms with Crippen LogP contribution >= 0.6 is 0 Å². The van der Waals surface area contributed by atoms with Crippen molar-refractivity contribution in [3.05, 3.63) is 30.3 Å². The summed E-state index contributed by atoms with van der Waals surface area (Å²) in [5, 5.41) is 23.9. The Morgan fingerprint density at radius 2 is 2.00 bits per heavy atom. The normalized spacial score (nSPS) is 17.1. The van der Waals surface area contributed by atoms with Crippen LogP contribution in [0, 0.1) is 0 Å². The van der Waals surface area contributed by atoms with Gasteiger partial charge in [0.15, 0.2) is 0 Å². The molecule has 120 valence electrons. The molecule has 8 nitrogen and oxygen atoms in total. The highest BCUT2D eigenvalue weighted by atomic mass is 16.4. The van der Waals surface area contributed by atoms with Crippen LogP contribution in [0.4, 0.5) is 0 Å². The van der Waals surface area contributed by atoms with Gasteiger partial charge in [0.1, 0.15) is 11.6 Å². The lowest BCUT2D eigenvalue weighted by Gasteiger charge is -2.38. The molecule has 0 saturated heterocycles. The van der Waals surface area contributed by atoms with Crippen LogP contribution < -0.4 is 5.32 Å². The summed E-state index contributed by atoms with van der Waals surface area (Å²) in [6, 6.07) is 8.56. The van der Waals surface area contributed by atoms with Crippen LogP contribution in [-0.4, -0.2) is 42.7 Å². The van der Waals surface area contributed by atoms with Gasteiger partial charge in [0, 0.05) is 5.56 Å². The highest BCUT2D eigenvalue weighted by molar-refractivity contribution is 5.89. The molecule has 23 heavy (non-hydrogen) atoms. The van der Waals surface area contributed by atoms with Crippen LogP contribution in [-0.2, 0) is 9.59 Å². The van der Waals surface area contributed by atoms with Crippen LogP contribution in [0.2, 0.25) is 0 Å². The van der Waals surface area contributed by atoms with E-state index in [0.29, 0.717) is 18.7 Å². The number of rotatable bonds is 5. The number of amides is 1. The van der Waals surface area contributed by atoms with E-state index in [9.17, 15) is 14.7 Å². The molecule has 0 radical (unpaired) electrons. The Bertz CT molecular complexity index is 724. The van der Waals surface area contributed by atoms with Crippen LogP contribution in [0.15, 0.2) is 30.3 Å². The molecule has 2 N–H and O–H groups in total. The van der Waals surface area contributed by atoms with Crippen LogP contribution in [0.25, 0.3) is 11.4 Å². The first-order valence-corrected chi connectivity index (χ1v) is 7.42. The second-order valence-corrected chi connectivity index (χ2v) is 5.71. The minimum absolute atomic E-state index is 0.418. The predicted molar refractivity (Wildman–Crippen MR) is 80.3 cm³/mol. The van der Waals surface area contributed by atoms with E-state index in [1.54, 1.807) is 6.92 Å². The number of nitrogens with zero attached hydrogens (tertiary/aromatic N) is 4. The zero-order valence-electron chi connectivity index (χ0n) is 12.6. The molecule has 1 aliphatic carbocycles. The summed E-state index contributed by atoms with van der Waals surface area (Å²) in [6.45, 7) is 1.61. The van der Waals surface area contributed by atoms with E-state index in [-0.39, 0.29) is 0 Å². The molecule has 0 aliphatic heterocycles. The number of benzene rings is 1. The molecule has 1 amide bonds. The maximum Gasteiger partial charge on any atom is 0.329 e. The summed E-state index contributed by atoms with van der Waals surface area (Å²) in [5.74, 6) is -1.01. The third-order valence-corrected chi connectivity index (χ3v) is 4.17. The Morgan fingerprint density at radius 1 is 1.30 bits per heavy atom. The van der Waals surface area contributed by atoms with E-state index >= 15 is 0 Å². The molecule has 0 bridgehead atoms. The first-order valence-electron chi connectivity index (χ1n) is 7.42. The molecule has 1 heterocycles. The third-order valence-electron chi connectivity index (χ3n) is 4.17. The Hall–Kier alpha value is -2.77. The molecule has 2 aromatic rings. The summed E-state index contributed by atoms with van der Waals surface area (Å²) in [5.41, 5.74) is -0.346. The predicted octanol–water partition coefficient (Wildman–Crippen LogP) is 1.02. The largest absolute Gasteiger partial charge is 0.480 e. The number of carbonyl (C=O) groups excluding carboxylic acids is 1. The van der Waals surface area contributed by atoms with Gasteiger partial charge in [-0.2, -0.15) is 4.80 Å². The van der Waals surface area contributed by atoms with Crippen LogP contribution in [0.3, 0.4) is 0 Å². The van der Waals surface area contributed by atoms with Gasteiger partial charge in [-0.15, -0.1) is 10.2 Å². The highest BCUT2D eigenvalue weighted by Gasteiger charge is 2.46. The monoisotopic (exact) mass is 315 g/mol. The van der Waals surface area contributed by atoms with Gasteiger partial charge in [-0.1, -0.05) is 30.3 Å². The van der Waals surface area contributed by atoms with Crippen molar-refractivity contribution in [1.29, 1.82) is 0 Å². The second kappa shape index (κ2) is 5.79. The molecular formula is C15H17N5O3. The Kier molecular flexibility index (Phi) is 3.81. The van der Waals surface area contributed by atoms with Gasteiger partial charge in [0.25, 0.3) is 0 Å². The number of aromatic nitrogens is 4. The number of nitrogens with one attached hydrogen (secondary N) is 1. The van der Waals surface area contributed by atoms with Crippen molar-refractivity contribution in [2.45, 2.75) is 37.8 Å². The maximum absolute atomic E-state index is 12.3. The number of tetrazole rings is 1. The maximum atomic E-state index is 12.3. The number of hydrogen-bond donors (Lipinski definition) is 2. The molecular weight excluding hydrogens is 298 g/mol. The SMILES string of the molecule is CC(C(=O)NC1(C(=O)O)CCC1)n1nnc(-c2ccccc2)n1. The number of hydrogen-bond acceptors (Lipinski definition) is 5. The average Bonchev–Trinajstić information content (AvgIpc) is 3.00. The standard InChI is InChI=1S/C15H17N5O3/c1-10(13(21)16-15(14(22)23)8-5-9-15)20-18-12(17-19-20)11-6-3-2-4-7-11/h2-4,6-7,10H,5,8-9H2,1H3,(H,16,21)(H,22,23). The lowest BCUT2D eigenvalue weighted by molar-refractivity contribution is -0.152. The molecule has 1 fully saturated rings. The molecule has 3 rings (SSSR count). The molecule has 1 saturated carbocycles. The Balaban J connectivity index is 1.73. The smallest absolute Gasteiger partial charge is 0.329 e. The number of carboxylic acid groups (broad SMARTS) is 1. The van der Waals surface area contributed by atoms with Crippen molar-refractivity contribution in [2.75, 3.05) is 0 Å². The molecule has 8 heteroatoms. The summed E-state index contributed by atoms with van der Waals surface area (Å²) in [7, 11) is 0. The molecule has 1 aliphatic rings. The fraction of sp³-hybridized carbons (Fsp3) is 0.400. The highest BCUT2D eigenvalue weighted by Crippen LogP contribution is 2.32. The molecule has 1 aromatic heterocycles. The summed E-state index contributed by atoms with van der Waals surface area (Å²) < 4.78 is 0. The van der Waals surface area contributed by atoms with E-state index in [4.69, 9.17) is 0 Å². The fourth-order valence-electron chi connectivity index (χ4n) is 2.46. The zero-order valence-corrected chi connectivity index (χ0v) is 12.6. The fourth-order valence-corrected chi connectivity index (χ4v) is 2.46. The second-order valence-electron chi connectivity index (χ2n) is 5.71. The van der Waals surface area contributed by atoms with Crippen molar-refractivity contribution in [3.63, 3.8) is 0 Å². The minimum Gasteiger partial charge on any atom is -0.480 e. The summed E-state index contributed by atoms with van der Waals surface area (Å²) >= 11 is 0. The van der Waals surface area contributed by atoms with Gasteiger partial charge in [0.05, 0.1) is 0 Å². The van der Waals surface area contributed by atoms with Gasteiger partial charge in [0.2, 0.25) is 11.7 Å². The van der Waals surface area contributed by atoms with E-state index in [2.05, 4.69) is 20.7 Å². The topological polar surface area (TPSA) is 110 Å². The average molecular weight is 315 g/mol. The summed E-state index contributed by atoms with van der Waals surface area (Å²) in [4.78, 5) is 24.8. The Morgan fingerprint density at radius 3 is 2.57 bits per heavy atom. The first-order chi connectivity index (χ1) is 11.0. The van der Waals surface area contributed by atoms with Crippen LogP contribution in [0.5, 0.6) is 0 Å². The molecule has 0 spiro atoms. The van der Waals surface area contributed by atoms with E-state index in [1.807, 2.05) is 30.3 Å². The van der Waals surface area contributed by atoms with E-state index < -0.39 is 23.5 Å². The van der Waals surface area contributed by atoms with Gasteiger partial charge < -0.3 is 10.4 Å².